The van der Waals surface area contributed by atoms with Gasteiger partial charge < -0.3 is 5.32 Å². The average molecular weight is 347 g/mol. The van der Waals surface area contributed by atoms with Crippen molar-refractivity contribution in [2.45, 2.75) is 6.04 Å². The summed E-state index contributed by atoms with van der Waals surface area (Å²) in [6, 6.07) is 16.0. The minimum Gasteiger partial charge on any atom is -0.366 e. The summed E-state index contributed by atoms with van der Waals surface area (Å²) in [6.45, 7) is 0. The second-order valence-corrected chi connectivity index (χ2v) is 5.30. The molecule has 0 aliphatic rings. The molecule has 2 rings (SSSR count). The third-order valence-corrected chi connectivity index (χ3v) is 3.97. The maximum atomic E-state index is 9.32. The highest BCUT2D eigenvalue weighted by Crippen LogP contribution is 2.28. The average Bonchev–Trinajstić information content (AvgIpc) is 2.48. The molecule has 0 heterocycles. The van der Waals surface area contributed by atoms with Gasteiger partial charge in [-0.1, -0.05) is 29.8 Å². The van der Waals surface area contributed by atoms with Gasteiger partial charge in [0.1, 0.15) is 6.04 Å². The summed E-state index contributed by atoms with van der Waals surface area (Å²) in [5.41, 5.74) is 1.89. The summed E-state index contributed by atoms with van der Waals surface area (Å²) in [7, 11) is 0. The Morgan fingerprint density at radius 1 is 1.15 bits per heavy atom. The number of anilines is 1. The summed E-state index contributed by atoms with van der Waals surface area (Å²) in [6.07, 6.45) is 0. The maximum absolute atomic E-state index is 9.32. The Balaban J connectivity index is 2.32. The first-order valence-electron chi connectivity index (χ1n) is 5.76. The molecule has 1 unspecified atom stereocenters. The predicted molar refractivity (Wildman–Crippen MR) is 82.3 cm³/mol. The summed E-state index contributed by atoms with van der Waals surface area (Å²) >= 11 is 9.27. The van der Waals surface area contributed by atoms with Crippen LogP contribution in [-0.4, -0.2) is 0 Å². The number of benzene rings is 2. The molecular weight excluding hydrogens is 338 g/mol. The summed E-state index contributed by atoms with van der Waals surface area (Å²) < 4.78 is 0.745. The summed E-state index contributed by atoms with van der Waals surface area (Å²) in [5.74, 6) is 0. The van der Waals surface area contributed by atoms with Gasteiger partial charge >= 0.3 is 0 Å². The Hall–Kier alpha value is -2.01. The van der Waals surface area contributed by atoms with Gasteiger partial charge in [-0.15, -0.1) is 0 Å². The Morgan fingerprint density at radius 2 is 1.90 bits per heavy atom. The molecule has 0 spiro atoms. The van der Waals surface area contributed by atoms with Crippen LogP contribution in [0.4, 0.5) is 5.69 Å². The minimum absolute atomic E-state index is 0.486. The molecule has 3 nitrogen and oxygen atoms in total. The topological polar surface area (TPSA) is 59.6 Å². The third-order valence-electron chi connectivity index (χ3n) is 2.75. The van der Waals surface area contributed by atoms with Crippen LogP contribution in [0.3, 0.4) is 0 Å². The predicted octanol–water partition coefficient (Wildman–Crippen LogP) is 4.65. The van der Waals surface area contributed by atoms with E-state index in [4.69, 9.17) is 16.9 Å². The highest BCUT2D eigenvalue weighted by molar-refractivity contribution is 9.10. The molecule has 2 aromatic rings. The van der Waals surface area contributed by atoms with Crippen molar-refractivity contribution < 1.29 is 0 Å². The van der Waals surface area contributed by atoms with Gasteiger partial charge in [0.15, 0.2) is 0 Å². The standard InChI is InChI=1S/C15H9BrClN3/c16-13-7-11(5-6-14(13)17)20-15(9-19)12-4-2-1-3-10(12)8-18/h1-7,15,20H. The van der Waals surface area contributed by atoms with Crippen LogP contribution in [-0.2, 0) is 0 Å². The first-order chi connectivity index (χ1) is 9.65. The summed E-state index contributed by atoms with van der Waals surface area (Å²) in [5, 5.41) is 22.1. The number of nitrogens with zero attached hydrogens (tertiary/aromatic N) is 2. The number of halogens is 2. The van der Waals surface area contributed by atoms with Crippen molar-refractivity contribution in [2.24, 2.45) is 0 Å². The quantitative estimate of drug-likeness (QED) is 0.880. The molecule has 0 bridgehead atoms. The summed E-state index contributed by atoms with van der Waals surface area (Å²) in [4.78, 5) is 0. The Kier molecular flexibility index (Phi) is 4.63. The first-order valence-corrected chi connectivity index (χ1v) is 6.93. The van der Waals surface area contributed by atoms with Crippen LogP contribution in [0.2, 0.25) is 5.02 Å². The van der Waals surface area contributed by atoms with Gasteiger partial charge in [-0.05, 0) is 40.2 Å². The van der Waals surface area contributed by atoms with Crippen molar-refractivity contribution in [3.05, 3.63) is 63.1 Å². The molecule has 5 heteroatoms. The van der Waals surface area contributed by atoms with Crippen LogP contribution >= 0.6 is 27.5 Å². The van der Waals surface area contributed by atoms with Gasteiger partial charge in [-0.25, -0.2) is 0 Å². The van der Waals surface area contributed by atoms with E-state index in [0.717, 1.165) is 10.2 Å². The van der Waals surface area contributed by atoms with Crippen molar-refractivity contribution in [1.82, 2.24) is 0 Å². The van der Waals surface area contributed by atoms with Crippen LogP contribution in [0, 0.1) is 22.7 Å². The zero-order valence-electron chi connectivity index (χ0n) is 10.3. The van der Waals surface area contributed by atoms with Gasteiger partial charge in [0.25, 0.3) is 0 Å². The van der Waals surface area contributed by atoms with Crippen LogP contribution in [0.15, 0.2) is 46.9 Å². The van der Waals surface area contributed by atoms with E-state index in [1.54, 1.807) is 42.5 Å². The van der Waals surface area contributed by atoms with Crippen molar-refractivity contribution in [3.63, 3.8) is 0 Å². The number of hydrogen-bond donors (Lipinski definition) is 1. The van der Waals surface area contributed by atoms with Crippen molar-refractivity contribution in [2.75, 3.05) is 5.32 Å². The smallest absolute Gasteiger partial charge is 0.141 e. The van der Waals surface area contributed by atoms with E-state index < -0.39 is 6.04 Å². The molecular formula is C15H9BrClN3. The van der Waals surface area contributed by atoms with Crippen LogP contribution in [0.1, 0.15) is 17.2 Å². The molecule has 1 N–H and O–H groups in total. The van der Waals surface area contributed by atoms with Gasteiger partial charge in [-0.2, -0.15) is 10.5 Å². The molecule has 1 atom stereocenters. The zero-order valence-corrected chi connectivity index (χ0v) is 12.6. The lowest BCUT2D eigenvalue weighted by molar-refractivity contribution is 0.991. The molecule has 0 fully saturated rings. The second-order valence-electron chi connectivity index (χ2n) is 4.03. The van der Waals surface area contributed by atoms with E-state index in [1.807, 2.05) is 0 Å². The van der Waals surface area contributed by atoms with Crippen molar-refractivity contribution >= 4 is 33.2 Å². The number of rotatable bonds is 3. The molecule has 0 aliphatic carbocycles. The molecule has 0 radical (unpaired) electrons. The van der Waals surface area contributed by atoms with E-state index >= 15 is 0 Å². The SMILES string of the molecule is N#Cc1ccccc1C(C#N)Nc1ccc(Cl)c(Br)c1. The van der Waals surface area contributed by atoms with Gasteiger partial charge in [0.05, 0.1) is 22.7 Å². The van der Waals surface area contributed by atoms with Gasteiger partial charge in [-0.3, -0.25) is 0 Å². The Bertz CT molecular complexity index is 716. The molecule has 0 amide bonds. The maximum Gasteiger partial charge on any atom is 0.141 e. The fourth-order valence-corrected chi connectivity index (χ4v) is 2.28. The lowest BCUT2D eigenvalue weighted by Gasteiger charge is -2.15. The molecule has 0 saturated heterocycles. The third kappa shape index (κ3) is 3.11. The number of nitriles is 2. The van der Waals surface area contributed by atoms with Gasteiger partial charge in [0, 0.05) is 15.7 Å². The molecule has 20 heavy (non-hydrogen) atoms. The largest absolute Gasteiger partial charge is 0.366 e. The normalized spacial score (nSPS) is 11.2. The lowest BCUT2D eigenvalue weighted by Crippen LogP contribution is -2.10. The van der Waals surface area contributed by atoms with E-state index in [1.165, 1.54) is 0 Å². The second kappa shape index (κ2) is 6.43. The van der Waals surface area contributed by atoms with E-state index in [-0.39, 0.29) is 0 Å². The Morgan fingerprint density at radius 3 is 2.55 bits per heavy atom. The Labute approximate surface area is 130 Å². The zero-order chi connectivity index (χ0) is 14.5. The van der Waals surface area contributed by atoms with E-state index in [2.05, 4.69) is 33.4 Å². The van der Waals surface area contributed by atoms with Gasteiger partial charge in [0.2, 0.25) is 0 Å². The van der Waals surface area contributed by atoms with Crippen LogP contribution in [0.25, 0.3) is 0 Å². The van der Waals surface area contributed by atoms with E-state index in [9.17, 15) is 5.26 Å². The highest BCUT2D eigenvalue weighted by Gasteiger charge is 2.14. The fourth-order valence-electron chi connectivity index (χ4n) is 1.78. The number of hydrogen-bond acceptors (Lipinski definition) is 3. The van der Waals surface area contributed by atoms with Crippen LogP contribution < -0.4 is 5.32 Å². The molecule has 0 saturated carbocycles. The molecule has 0 aliphatic heterocycles. The highest BCUT2D eigenvalue weighted by atomic mass is 79.9. The molecule has 2 aromatic carbocycles. The lowest BCUT2D eigenvalue weighted by atomic mass is 10.0. The molecule has 98 valence electrons. The first kappa shape index (κ1) is 14.4. The van der Waals surface area contributed by atoms with Crippen LogP contribution in [0.5, 0.6) is 0 Å². The minimum atomic E-state index is -0.598. The van der Waals surface area contributed by atoms with E-state index in [0.29, 0.717) is 16.1 Å². The number of nitrogens with one attached hydrogen (secondary N) is 1. The monoisotopic (exact) mass is 345 g/mol. The van der Waals surface area contributed by atoms with Crippen molar-refractivity contribution in [3.8, 4) is 12.1 Å². The van der Waals surface area contributed by atoms with Crippen molar-refractivity contribution in [1.29, 1.82) is 10.5 Å². The molecule has 0 aromatic heterocycles. The fraction of sp³-hybridized carbons (Fsp3) is 0.0667.